The van der Waals surface area contributed by atoms with Gasteiger partial charge in [-0.3, -0.25) is 4.99 Å². The summed E-state index contributed by atoms with van der Waals surface area (Å²) in [5.74, 6) is 0. The molecular weight excluding hydrogens is 158 g/mol. The highest BCUT2D eigenvalue weighted by molar-refractivity contribution is 5.25. The Bertz CT molecular complexity index is 203. The molecule has 0 radical (unpaired) electrons. The minimum atomic E-state index is 0.549. The lowest BCUT2D eigenvalue weighted by Crippen LogP contribution is -2.35. The lowest BCUT2D eigenvalue weighted by atomic mass is 9.60. The summed E-state index contributed by atoms with van der Waals surface area (Å²) in [4.78, 5) is 4.25. The Morgan fingerprint density at radius 2 is 1.54 bits per heavy atom. The molecule has 13 heavy (non-hydrogen) atoms. The molecule has 2 saturated carbocycles. The standard InChI is InChI=1S/C12H21N/c1-11-6-4-5-7-12(11,2)9-10(8-11)13-3/h10H,3-9H2,1-2H3. The number of hydrogen-bond acceptors (Lipinski definition) is 1. The Labute approximate surface area is 81.6 Å². The molecule has 2 atom stereocenters. The molecule has 0 aromatic heterocycles. The van der Waals surface area contributed by atoms with Crippen LogP contribution in [0.4, 0.5) is 0 Å². The molecule has 2 unspecified atom stereocenters. The number of rotatable bonds is 1. The third kappa shape index (κ3) is 1.24. The van der Waals surface area contributed by atoms with Gasteiger partial charge in [0.1, 0.15) is 0 Å². The Kier molecular flexibility index (Phi) is 2.01. The van der Waals surface area contributed by atoms with Gasteiger partial charge in [-0.05, 0) is 43.2 Å². The molecule has 2 rings (SSSR count). The molecule has 2 aliphatic carbocycles. The topological polar surface area (TPSA) is 12.4 Å². The van der Waals surface area contributed by atoms with Gasteiger partial charge in [-0.15, -0.1) is 0 Å². The lowest BCUT2D eigenvalue weighted by molar-refractivity contribution is 0.0520. The summed E-state index contributed by atoms with van der Waals surface area (Å²) in [5, 5.41) is 0. The molecule has 0 aromatic rings. The van der Waals surface area contributed by atoms with E-state index in [4.69, 9.17) is 0 Å². The van der Waals surface area contributed by atoms with Gasteiger partial charge in [-0.1, -0.05) is 26.7 Å². The quantitative estimate of drug-likeness (QED) is 0.547. The number of fused-ring (bicyclic) bond motifs is 1. The molecule has 1 heteroatoms. The van der Waals surface area contributed by atoms with E-state index in [1.165, 1.54) is 38.5 Å². The molecule has 0 bridgehead atoms. The van der Waals surface area contributed by atoms with Crippen molar-refractivity contribution in [2.45, 2.75) is 58.4 Å². The van der Waals surface area contributed by atoms with Crippen LogP contribution in [0.3, 0.4) is 0 Å². The second-order valence-electron chi connectivity index (χ2n) is 5.57. The first-order chi connectivity index (χ1) is 6.10. The Hall–Kier alpha value is -0.330. The van der Waals surface area contributed by atoms with Gasteiger partial charge in [0.2, 0.25) is 0 Å². The van der Waals surface area contributed by atoms with Crippen molar-refractivity contribution in [2.75, 3.05) is 0 Å². The zero-order valence-electron chi connectivity index (χ0n) is 8.97. The van der Waals surface area contributed by atoms with E-state index in [0.717, 1.165) is 0 Å². The molecule has 74 valence electrons. The minimum Gasteiger partial charge on any atom is -0.298 e. The van der Waals surface area contributed by atoms with Crippen molar-refractivity contribution < 1.29 is 0 Å². The summed E-state index contributed by atoms with van der Waals surface area (Å²) in [5.41, 5.74) is 1.13. The zero-order chi connectivity index (χ0) is 9.53. The molecule has 0 saturated heterocycles. The van der Waals surface area contributed by atoms with Gasteiger partial charge >= 0.3 is 0 Å². The Balaban J connectivity index is 2.23. The highest BCUT2D eigenvalue weighted by Gasteiger charge is 2.52. The van der Waals surface area contributed by atoms with Crippen LogP contribution in [0.25, 0.3) is 0 Å². The second kappa shape index (κ2) is 2.83. The van der Waals surface area contributed by atoms with E-state index >= 15 is 0 Å². The molecule has 2 fully saturated rings. The minimum absolute atomic E-state index is 0.549. The average molecular weight is 179 g/mol. The maximum Gasteiger partial charge on any atom is 0.0503 e. The summed E-state index contributed by atoms with van der Waals surface area (Å²) < 4.78 is 0. The fourth-order valence-electron chi connectivity index (χ4n) is 3.57. The zero-order valence-corrected chi connectivity index (χ0v) is 8.97. The molecule has 1 nitrogen and oxygen atoms in total. The largest absolute Gasteiger partial charge is 0.298 e. The van der Waals surface area contributed by atoms with Crippen LogP contribution in [0.2, 0.25) is 0 Å². The van der Waals surface area contributed by atoms with Crippen LogP contribution in [0.5, 0.6) is 0 Å². The molecule has 0 spiro atoms. The fraction of sp³-hybridized carbons (Fsp3) is 0.917. The molecule has 0 aliphatic heterocycles. The summed E-state index contributed by atoms with van der Waals surface area (Å²) in [7, 11) is 0. The van der Waals surface area contributed by atoms with Crippen LogP contribution in [0, 0.1) is 10.8 Å². The van der Waals surface area contributed by atoms with E-state index in [1.807, 2.05) is 0 Å². The smallest absolute Gasteiger partial charge is 0.0503 e. The fourth-order valence-corrected chi connectivity index (χ4v) is 3.57. The van der Waals surface area contributed by atoms with Gasteiger partial charge < -0.3 is 0 Å². The molecule has 2 aliphatic rings. The third-order valence-corrected chi connectivity index (χ3v) is 4.79. The van der Waals surface area contributed by atoms with Gasteiger partial charge in [-0.25, -0.2) is 0 Å². The molecule has 0 N–H and O–H groups in total. The van der Waals surface area contributed by atoms with Gasteiger partial charge in [0.05, 0.1) is 6.04 Å². The Morgan fingerprint density at radius 1 is 1.08 bits per heavy atom. The molecular formula is C12H21N. The van der Waals surface area contributed by atoms with E-state index < -0.39 is 0 Å². The monoisotopic (exact) mass is 179 g/mol. The van der Waals surface area contributed by atoms with Crippen LogP contribution in [-0.4, -0.2) is 12.8 Å². The molecule has 0 aromatic carbocycles. The third-order valence-electron chi connectivity index (χ3n) is 4.79. The van der Waals surface area contributed by atoms with E-state index in [-0.39, 0.29) is 0 Å². The van der Waals surface area contributed by atoms with Crippen molar-refractivity contribution in [1.29, 1.82) is 0 Å². The van der Waals surface area contributed by atoms with Crippen LogP contribution < -0.4 is 0 Å². The maximum absolute atomic E-state index is 4.25. The molecule has 0 amide bonds. The number of hydrogen-bond donors (Lipinski definition) is 0. The van der Waals surface area contributed by atoms with Crippen molar-refractivity contribution in [1.82, 2.24) is 0 Å². The second-order valence-corrected chi connectivity index (χ2v) is 5.57. The summed E-state index contributed by atoms with van der Waals surface area (Å²) >= 11 is 0. The van der Waals surface area contributed by atoms with Crippen molar-refractivity contribution in [3.05, 3.63) is 0 Å². The molecule has 0 heterocycles. The maximum atomic E-state index is 4.25. The highest BCUT2D eigenvalue weighted by Crippen LogP contribution is 2.60. The van der Waals surface area contributed by atoms with Crippen molar-refractivity contribution in [2.24, 2.45) is 15.8 Å². The van der Waals surface area contributed by atoms with Crippen LogP contribution in [0.1, 0.15) is 52.4 Å². The summed E-state index contributed by atoms with van der Waals surface area (Å²) in [6.45, 7) is 8.65. The van der Waals surface area contributed by atoms with Gasteiger partial charge in [-0.2, -0.15) is 0 Å². The first-order valence-electron chi connectivity index (χ1n) is 5.56. The highest BCUT2D eigenvalue weighted by atomic mass is 14.8. The normalized spacial score (nSPS) is 50.2. The van der Waals surface area contributed by atoms with Crippen molar-refractivity contribution >= 4 is 6.72 Å². The van der Waals surface area contributed by atoms with Crippen LogP contribution in [-0.2, 0) is 0 Å². The van der Waals surface area contributed by atoms with E-state index in [0.29, 0.717) is 16.9 Å². The van der Waals surface area contributed by atoms with Crippen LogP contribution >= 0.6 is 0 Å². The SMILES string of the molecule is C=NC1CC2(C)CCCCC2(C)C1. The summed E-state index contributed by atoms with van der Waals surface area (Å²) in [6, 6.07) is 0.549. The average Bonchev–Trinajstić information content (AvgIpc) is 2.37. The van der Waals surface area contributed by atoms with Gasteiger partial charge in [0.15, 0.2) is 0 Å². The Morgan fingerprint density at radius 3 is 1.92 bits per heavy atom. The number of nitrogens with zero attached hydrogens (tertiary/aromatic N) is 1. The summed E-state index contributed by atoms with van der Waals surface area (Å²) in [6.07, 6.45) is 8.25. The predicted molar refractivity (Wildman–Crippen MR) is 57.3 cm³/mol. The van der Waals surface area contributed by atoms with Gasteiger partial charge in [0, 0.05) is 0 Å². The predicted octanol–water partition coefficient (Wildman–Crippen LogP) is 3.44. The first kappa shape index (κ1) is 9.23. The van der Waals surface area contributed by atoms with E-state index in [1.54, 1.807) is 0 Å². The van der Waals surface area contributed by atoms with Crippen molar-refractivity contribution in [3.8, 4) is 0 Å². The first-order valence-corrected chi connectivity index (χ1v) is 5.56. The van der Waals surface area contributed by atoms with E-state index in [2.05, 4.69) is 25.6 Å². The van der Waals surface area contributed by atoms with E-state index in [9.17, 15) is 0 Å². The van der Waals surface area contributed by atoms with Crippen molar-refractivity contribution in [3.63, 3.8) is 0 Å². The van der Waals surface area contributed by atoms with Crippen LogP contribution in [0.15, 0.2) is 4.99 Å². The lowest BCUT2D eigenvalue weighted by Gasteiger charge is -2.45. The van der Waals surface area contributed by atoms with Gasteiger partial charge in [0.25, 0.3) is 0 Å². The number of aliphatic imine (C=N–C) groups is 1.